The van der Waals surface area contributed by atoms with Gasteiger partial charge in [-0.05, 0) is 44.2 Å². The molecule has 2 rings (SSSR count). The SMILES string of the molecule is CCN(CC)c1ccc(/C=N\NC(=O)c2ccc(C#N)cc2F)c(OC)c1. The summed E-state index contributed by atoms with van der Waals surface area (Å²) in [6, 6.07) is 11.1. The van der Waals surface area contributed by atoms with Crippen LogP contribution >= 0.6 is 0 Å². The summed E-state index contributed by atoms with van der Waals surface area (Å²) in [4.78, 5) is 14.2. The molecular weight excluding hydrogens is 347 g/mol. The van der Waals surface area contributed by atoms with E-state index in [0.29, 0.717) is 11.3 Å². The number of methoxy groups -OCH3 is 1. The summed E-state index contributed by atoms with van der Waals surface area (Å²) >= 11 is 0. The number of carbonyl (C=O) groups is 1. The number of nitriles is 1. The molecule has 0 bridgehead atoms. The van der Waals surface area contributed by atoms with E-state index in [1.54, 1.807) is 7.11 Å². The molecule has 1 amide bonds. The molecule has 0 heterocycles. The number of amides is 1. The Kier molecular flexibility index (Phi) is 6.89. The van der Waals surface area contributed by atoms with Gasteiger partial charge >= 0.3 is 0 Å². The standard InChI is InChI=1S/C20H21FN4O2/c1-4-25(5-2)16-8-7-15(19(11-16)27-3)13-23-24-20(26)17-9-6-14(12-22)10-18(17)21/h6-11,13H,4-5H2,1-3H3,(H,24,26)/b23-13-. The van der Waals surface area contributed by atoms with Crippen molar-refractivity contribution in [1.29, 1.82) is 5.26 Å². The number of ether oxygens (including phenoxy) is 1. The quantitative estimate of drug-likeness (QED) is 0.601. The number of anilines is 1. The lowest BCUT2D eigenvalue weighted by molar-refractivity contribution is 0.0951. The van der Waals surface area contributed by atoms with E-state index in [-0.39, 0.29) is 11.1 Å². The zero-order valence-corrected chi connectivity index (χ0v) is 15.5. The molecule has 0 aliphatic rings. The van der Waals surface area contributed by atoms with E-state index in [2.05, 4.69) is 29.3 Å². The molecule has 0 fully saturated rings. The van der Waals surface area contributed by atoms with Gasteiger partial charge in [0.25, 0.3) is 5.91 Å². The van der Waals surface area contributed by atoms with Crippen molar-refractivity contribution in [3.05, 3.63) is 58.9 Å². The van der Waals surface area contributed by atoms with Crippen LogP contribution < -0.4 is 15.1 Å². The molecule has 0 atom stereocenters. The highest BCUT2D eigenvalue weighted by Gasteiger charge is 2.12. The fourth-order valence-corrected chi connectivity index (χ4v) is 2.58. The Morgan fingerprint density at radius 3 is 2.63 bits per heavy atom. The number of carbonyl (C=O) groups excluding carboxylic acids is 1. The van der Waals surface area contributed by atoms with E-state index in [0.717, 1.165) is 24.8 Å². The predicted molar refractivity (Wildman–Crippen MR) is 103 cm³/mol. The number of hydrogen-bond acceptors (Lipinski definition) is 5. The Balaban J connectivity index is 2.14. The summed E-state index contributed by atoms with van der Waals surface area (Å²) in [5, 5.41) is 12.6. The minimum Gasteiger partial charge on any atom is -0.496 e. The molecule has 2 aromatic rings. The highest BCUT2D eigenvalue weighted by molar-refractivity contribution is 5.95. The Bertz CT molecular complexity index is 886. The van der Waals surface area contributed by atoms with Crippen LogP contribution in [0.1, 0.15) is 35.3 Å². The average Bonchev–Trinajstić information content (AvgIpc) is 2.69. The van der Waals surface area contributed by atoms with E-state index in [1.165, 1.54) is 18.3 Å². The van der Waals surface area contributed by atoms with Crippen molar-refractivity contribution >= 4 is 17.8 Å². The van der Waals surface area contributed by atoms with Crippen LogP contribution in [0.25, 0.3) is 0 Å². The first-order valence-electron chi connectivity index (χ1n) is 8.50. The molecule has 0 spiro atoms. The van der Waals surface area contributed by atoms with Gasteiger partial charge in [0.2, 0.25) is 0 Å². The van der Waals surface area contributed by atoms with Gasteiger partial charge in [-0.3, -0.25) is 4.79 Å². The Morgan fingerprint density at radius 1 is 1.30 bits per heavy atom. The monoisotopic (exact) mass is 368 g/mol. The molecule has 0 aliphatic carbocycles. The third kappa shape index (κ3) is 4.82. The highest BCUT2D eigenvalue weighted by Crippen LogP contribution is 2.24. The molecule has 7 heteroatoms. The molecule has 0 radical (unpaired) electrons. The third-order valence-electron chi connectivity index (χ3n) is 4.06. The fourth-order valence-electron chi connectivity index (χ4n) is 2.58. The van der Waals surface area contributed by atoms with Crippen LogP contribution in [0.2, 0.25) is 0 Å². The van der Waals surface area contributed by atoms with Gasteiger partial charge in [0.15, 0.2) is 0 Å². The maximum absolute atomic E-state index is 13.9. The van der Waals surface area contributed by atoms with Crippen LogP contribution in [0.4, 0.5) is 10.1 Å². The van der Waals surface area contributed by atoms with Crippen LogP contribution in [0.15, 0.2) is 41.5 Å². The number of nitrogens with zero attached hydrogens (tertiary/aromatic N) is 3. The van der Waals surface area contributed by atoms with E-state index in [9.17, 15) is 9.18 Å². The van der Waals surface area contributed by atoms with Gasteiger partial charge in [-0.15, -0.1) is 0 Å². The van der Waals surface area contributed by atoms with E-state index < -0.39 is 11.7 Å². The minimum atomic E-state index is -0.775. The molecule has 2 aromatic carbocycles. The van der Waals surface area contributed by atoms with E-state index >= 15 is 0 Å². The van der Waals surface area contributed by atoms with Gasteiger partial charge in [-0.2, -0.15) is 10.4 Å². The molecule has 0 aromatic heterocycles. The molecule has 6 nitrogen and oxygen atoms in total. The van der Waals surface area contributed by atoms with E-state index in [1.807, 2.05) is 24.3 Å². The largest absolute Gasteiger partial charge is 0.496 e. The van der Waals surface area contributed by atoms with Gasteiger partial charge in [-0.1, -0.05) is 0 Å². The van der Waals surface area contributed by atoms with Crippen molar-refractivity contribution in [2.75, 3.05) is 25.1 Å². The first-order valence-corrected chi connectivity index (χ1v) is 8.50. The topological polar surface area (TPSA) is 77.7 Å². The fraction of sp³-hybridized carbons (Fsp3) is 0.250. The predicted octanol–water partition coefficient (Wildman–Crippen LogP) is 3.32. The van der Waals surface area contributed by atoms with Crippen LogP contribution in [-0.2, 0) is 0 Å². The number of halogens is 1. The molecule has 140 valence electrons. The summed E-state index contributed by atoms with van der Waals surface area (Å²) in [5.74, 6) is -0.864. The maximum atomic E-state index is 13.9. The maximum Gasteiger partial charge on any atom is 0.274 e. The van der Waals surface area contributed by atoms with Crippen molar-refractivity contribution in [1.82, 2.24) is 5.43 Å². The minimum absolute atomic E-state index is 0.144. The lowest BCUT2D eigenvalue weighted by Gasteiger charge is -2.21. The summed E-state index contributed by atoms with van der Waals surface area (Å²) in [7, 11) is 1.56. The Hall–Kier alpha value is -3.40. The second kappa shape index (κ2) is 9.34. The second-order valence-electron chi connectivity index (χ2n) is 5.60. The smallest absolute Gasteiger partial charge is 0.274 e. The van der Waals surface area contributed by atoms with Crippen molar-refractivity contribution in [3.8, 4) is 11.8 Å². The first-order chi connectivity index (χ1) is 13.0. The molecule has 27 heavy (non-hydrogen) atoms. The van der Waals surface area contributed by atoms with Gasteiger partial charge in [-0.25, -0.2) is 9.82 Å². The van der Waals surface area contributed by atoms with Crippen LogP contribution in [0.5, 0.6) is 5.75 Å². The molecule has 0 saturated carbocycles. The van der Waals surface area contributed by atoms with Gasteiger partial charge < -0.3 is 9.64 Å². The lowest BCUT2D eigenvalue weighted by Crippen LogP contribution is -2.21. The highest BCUT2D eigenvalue weighted by atomic mass is 19.1. The number of benzene rings is 2. The third-order valence-corrected chi connectivity index (χ3v) is 4.06. The number of nitrogens with one attached hydrogen (secondary N) is 1. The van der Waals surface area contributed by atoms with Gasteiger partial charge in [0, 0.05) is 30.4 Å². The van der Waals surface area contributed by atoms with Crippen LogP contribution in [0.3, 0.4) is 0 Å². The molecule has 0 unspecified atom stereocenters. The molecule has 0 aliphatic heterocycles. The van der Waals surface area contributed by atoms with Crippen LogP contribution in [0, 0.1) is 17.1 Å². The van der Waals surface area contributed by atoms with Crippen LogP contribution in [-0.4, -0.2) is 32.3 Å². The summed E-state index contributed by atoms with van der Waals surface area (Å²) in [6.07, 6.45) is 1.43. The lowest BCUT2D eigenvalue weighted by atomic mass is 10.1. The first kappa shape index (κ1) is 19.9. The van der Waals surface area contributed by atoms with E-state index in [4.69, 9.17) is 10.00 Å². The molecular formula is C20H21FN4O2. The molecule has 0 saturated heterocycles. The number of hydrazone groups is 1. The Labute approximate surface area is 157 Å². The number of rotatable bonds is 7. The average molecular weight is 368 g/mol. The number of hydrogen-bond donors (Lipinski definition) is 1. The van der Waals surface area contributed by atoms with Crippen molar-refractivity contribution in [3.63, 3.8) is 0 Å². The summed E-state index contributed by atoms with van der Waals surface area (Å²) in [5.41, 5.74) is 3.94. The van der Waals surface area contributed by atoms with Crippen molar-refractivity contribution in [2.24, 2.45) is 5.10 Å². The zero-order chi connectivity index (χ0) is 19.8. The van der Waals surface area contributed by atoms with Crippen molar-refractivity contribution < 1.29 is 13.9 Å². The normalized spacial score (nSPS) is 10.5. The molecule has 1 N–H and O–H groups in total. The summed E-state index contributed by atoms with van der Waals surface area (Å²) < 4.78 is 19.2. The van der Waals surface area contributed by atoms with Crippen molar-refractivity contribution in [2.45, 2.75) is 13.8 Å². The van der Waals surface area contributed by atoms with Gasteiger partial charge in [0.05, 0.1) is 30.5 Å². The summed E-state index contributed by atoms with van der Waals surface area (Å²) in [6.45, 7) is 5.89. The van der Waals surface area contributed by atoms with Gasteiger partial charge in [0.1, 0.15) is 11.6 Å². The second-order valence-corrected chi connectivity index (χ2v) is 5.60. The zero-order valence-electron chi connectivity index (χ0n) is 15.5. The Morgan fingerprint density at radius 2 is 2.04 bits per heavy atom.